The molecule has 0 aromatic carbocycles. The summed E-state index contributed by atoms with van der Waals surface area (Å²) in [6.07, 6.45) is 4.29. The van der Waals surface area contributed by atoms with Crippen molar-refractivity contribution < 1.29 is 9.47 Å². The lowest BCUT2D eigenvalue weighted by atomic mass is 10.1. The molecular formula is C9H18N2O2. The molecule has 4 heteroatoms. The van der Waals surface area contributed by atoms with Gasteiger partial charge in [0.1, 0.15) is 0 Å². The molecule has 0 spiro atoms. The van der Waals surface area contributed by atoms with Crippen LogP contribution >= 0.6 is 0 Å². The highest BCUT2D eigenvalue weighted by atomic mass is 16.5. The molecule has 0 aromatic heterocycles. The third-order valence-corrected chi connectivity index (χ3v) is 2.09. The van der Waals surface area contributed by atoms with Crippen LogP contribution in [0.2, 0.25) is 0 Å². The predicted octanol–water partition coefficient (Wildman–Crippen LogP) is 0.898. The Bertz CT molecular complexity index is 156. The van der Waals surface area contributed by atoms with Gasteiger partial charge in [-0.3, -0.25) is 5.41 Å². The Balaban J connectivity index is 1.95. The maximum absolute atomic E-state index is 6.98. The van der Waals surface area contributed by atoms with Crippen molar-refractivity contribution in [3.8, 4) is 0 Å². The van der Waals surface area contributed by atoms with Crippen molar-refractivity contribution in [1.82, 2.24) is 0 Å². The van der Waals surface area contributed by atoms with E-state index in [0.717, 1.165) is 13.0 Å². The summed E-state index contributed by atoms with van der Waals surface area (Å²) in [5.74, 6) is 0.185. The highest BCUT2D eigenvalue weighted by Gasteiger charge is 2.13. The Morgan fingerprint density at radius 2 is 2.38 bits per heavy atom. The molecule has 0 radical (unpaired) electrons. The van der Waals surface area contributed by atoms with Gasteiger partial charge in [0, 0.05) is 13.0 Å². The van der Waals surface area contributed by atoms with Crippen LogP contribution in [0.1, 0.15) is 25.7 Å². The van der Waals surface area contributed by atoms with Crippen molar-refractivity contribution in [3.63, 3.8) is 0 Å². The van der Waals surface area contributed by atoms with Crippen molar-refractivity contribution in [2.75, 3.05) is 19.8 Å². The second-order valence-corrected chi connectivity index (χ2v) is 3.34. The van der Waals surface area contributed by atoms with Gasteiger partial charge in [0.05, 0.1) is 25.2 Å². The summed E-state index contributed by atoms with van der Waals surface area (Å²) in [5, 5.41) is 6.98. The molecule has 3 N–H and O–H groups in total. The van der Waals surface area contributed by atoms with E-state index in [0.29, 0.717) is 19.6 Å². The van der Waals surface area contributed by atoms with Crippen LogP contribution < -0.4 is 5.73 Å². The number of nitrogens with one attached hydrogen (secondary N) is 1. The maximum atomic E-state index is 6.98. The van der Waals surface area contributed by atoms with Gasteiger partial charge < -0.3 is 15.2 Å². The summed E-state index contributed by atoms with van der Waals surface area (Å²) in [5.41, 5.74) is 5.18. The zero-order valence-electron chi connectivity index (χ0n) is 7.92. The van der Waals surface area contributed by atoms with Crippen LogP contribution in [0.25, 0.3) is 0 Å². The van der Waals surface area contributed by atoms with Crippen LogP contribution in [0.15, 0.2) is 0 Å². The van der Waals surface area contributed by atoms with Crippen LogP contribution in [-0.2, 0) is 9.47 Å². The molecule has 0 saturated carbocycles. The average Bonchev–Trinajstić information content (AvgIpc) is 2.14. The Kier molecular flexibility index (Phi) is 4.78. The second-order valence-electron chi connectivity index (χ2n) is 3.34. The summed E-state index contributed by atoms with van der Waals surface area (Å²) < 4.78 is 10.8. The summed E-state index contributed by atoms with van der Waals surface area (Å²) >= 11 is 0. The fourth-order valence-electron chi connectivity index (χ4n) is 1.34. The molecule has 13 heavy (non-hydrogen) atoms. The Morgan fingerprint density at radius 3 is 3.00 bits per heavy atom. The zero-order valence-corrected chi connectivity index (χ0v) is 7.92. The number of amidine groups is 1. The first-order valence-corrected chi connectivity index (χ1v) is 4.81. The number of nitrogens with two attached hydrogens (primary N) is 1. The van der Waals surface area contributed by atoms with Gasteiger partial charge in [0.2, 0.25) is 0 Å². The standard InChI is InChI=1S/C9H18N2O2/c10-9(11)4-6-12-7-8-3-1-2-5-13-8/h8H,1-7H2,(H3,10,11). The second kappa shape index (κ2) is 5.94. The van der Waals surface area contributed by atoms with Gasteiger partial charge in [0.15, 0.2) is 0 Å². The highest BCUT2D eigenvalue weighted by molar-refractivity contribution is 5.76. The molecule has 1 heterocycles. The van der Waals surface area contributed by atoms with Crippen molar-refractivity contribution >= 4 is 5.84 Å². The molecule has 0 amide bonds. The molecule has 1 unspecified atom stereocenters. The number of hydrogen-bond acceptors (Lipinski definition) is 3. The minimum absolute atomic E-state index is 0.185. The first-order valence-electron chi connectivity index (χ1n) is 4.81. The lowest BCUT2D eigenvalue weighted by molar-refractivity contribution is -0.0393. The Labute approximate surface area is 78.9 Å². The van der Waals surface area contributed by atoms with E-state index in [9.17, 15) is 0 Å². The Morgan fingerprint density at radius 1 is 1.54 bits per heavy atom. The van der Waals surface area contributed by atoms with Gasteiger partial charge in [-0.1, -0.05) is 0 Å². The quantitative estimate of drug-likeness (QED) is 0.381. The largest absolute Gasteiger partial charge is 0.388 e. The van der Waals surface area contributed by atoms with E-state index in [1.54, 1.807) is 0 Å². The average molecular weight is 186 g/mol. The van der Waals surface area contributed by atoms with Crippen LogP contribution in [0.5, 0.6) is 0 Å². The lowest BCUT2D eigenvalue weighted by Gasteiger charge is -2.22. The zero-order chi connectivity index (χ0) is 9.52. The topological polar surface area (TPSA) is 68.3 Å². The summed E-state index contributed by atoms with van der Waals surface area (Å²) in [7, 11) is 0. The van der Waals surface area contributed by atoms with Crippen molar-refractivity contribution in [2.24, 2.45) is 5.73 Å². The van der Waals surface area contributed by atoms with E-state index in [-0.39, 0.29) is 11.9 Å². The molecule has 1 saturated heterocycles. The summed E-state index contributed by atoms with van der Waals surface area (Å²) in [4.78, 5) is 0. The van der Waals surface area contributed by atoms with E-state index < -0.39 is 0 Å². The highest BCUT2D eigenvalue weighted by Crippen LogP contribution is 2.12. The van der Waals surface area contributed by atoms with Gasteiger partial charge in [-0.25, -0.2) is 0 Å². The van der Waals surface area contributed by atoms with E-state index in [4.69, 9.17) is 20.6 Å². The molecule has 1 fully saturated rings. The smallest absolute Gasteiger partial charge is 0.0928 e. The van der Waals surface area contributed by atoms with Crippen LogP contribution in [0.4, 0.5) is 0 Å². The number of hydrogen-bond donors (Lipinski definition) is 2. The Hall–Kier alpha value is -0.610. The van der Waals surface area contributed by atoms with Crippen molar-refractivity contribution in [3.05, 3.63) is 0 Å². The molecule has 1 rings (SSSR count). The lowest BCUT2D eigenvalue weighted by Crippen LogP contribution is -2.25. The molecule has 0 bridgehead atoms. The first kappa shape index (κ1) is 10.5. The number of ether oxygens (including phenoxy) is 2. The molecular weight excluding hydrogens is 168 g/mol. The van der Waals surface area contributed by atoms with E-state index in [2.05, 4.69) is 0 Å². The molecule has 4 nitrogen and oxygen atoms in total. The summed E-state index contributed by atoms with van der Waals surface area (Å²) in [6.45, 7) is 2.04. The first-order chi connectivity index (χ1) is 6.29. The van der Waals surface area contributed by atoms with E-state index in [1.807, 2.05) is 0 Å². The molecule has 0 aliphatic carbocycles. The maximum Gasteiger partial charge on any atom is 0.0928 e. The molecule has 1 atom stereocenters. The van der Waals surface area contributed by atoms with Gasteiger partial charge in [0.25, 0.3) is 0 Å². The molecule has 0 aromatic rings. The normalized spacial score (nSPS) is 22.9. The van der Waals surface area contributed by atoms with Crippen LogP contribution in [-0.4, -0.2) is 31.8 Å². The van der Waals surface area contributed by atoms with Crippen LogP contribution in [0.3, 0.4) is 0 Å². The minimum Gasteiger partial charge on any atom is -0.388 e. The third-order valence-electron chi connectivity index (χ3n) is 2.09. The van der Waals surface area contributed by atoms with Gasteiger partial charge in [-0.2, -0.15) is 0 Å². The molecule has 1 aliphatic rings. The summed E-state index contributed by atoms with van der Waals surface area (Å²) in [6, 6.07) is 0. The third kappa shape index (κ3) is 4.85. The molecule has 76 valence electrons. The number of rotatable bonds is 5. The van der Waals surface area contributed by atoms with E-state index in [1.165, 1.54) is 12.8 Å². The molecule has 1 aliphatic heterocycles. The predicted molar refractivity (Wildman–Crippen MR) is 50.9 cm³/mol. The SMILES string of the molecule is N=C(N)CCOCC1CCCCO1. The fourth-order valence-corrected chi connectivity index (χ4v) is 1.34. The van der Waals surface area contributed by atoms with Gasteiger partial charge in [-0.15, -0.1) is 0 Å². The van der Waals surface area contributed by atoms with Crippen LogP contribution in [0, 0.1) is 5.41 Å². The fraction of sp³-hybridized carbons (Fsp3) is 0.889. The van der Waals surface area contributed by atoms with Gasteiger partial charge in [-0.05, 0) is 19.3 Å². The van der Waals surface area contributed by atoms with E-state index >= 15 is 0 Å². The van der Waals surface area contributed by atoms with Gasteiger partial charge >= 0.3 is 0 Å². The minimum atomic E-state index is 0.185. The monoisotopic (exact) mass is 186 g/mol. The van der Waals surface area contributed by atoms with Crippen molar-refractivity contribution in [1.29, 1.82) is 5.41 Å². The van der Waals surface area contributed by atoms with Crippen molar-refractivity contribution in [2.45, 2.75) is 31.8 Å².